The van der Waals surface area contributed by atoms with Gasteiger partial charge in [0.05, 0.1) is 11.0 Å². The zero-order chi connectivity index (χ0) is 45.8. The highest BCUT2D eigenvalue weighted by Gasteiger charge is 2.19. The average Bonchev–Trinajstić information content (AvgIpc) is 3.97. The van der Waals surface area contributed by atoms with Crippen molar-refractivity contribution in [3.63, 3.8) is 0 Å². The second kappa shape index (κ2) is 16.6. The van der Waals surface area contributed by atoms with E-state index in [2.05, 4.69) is 181 Å². The molecule has 0 spiro atoms. The van der Waals surface area contributed by atoms with Gasteiger partial charge in [-0.05, 0) is 100 Å². The fourth-order valence-electron chi connectivity index (χ4n) is 9.91. The molecule has 0 unspecified atom stereocenters. The number of aromatic nitrogens is 4. The molecular formula is C64H42N4O. The van der Waals surface area contributed by atoms with Gasteiger partial charge in [-0.2, -0.15) is 0 Å². The van der Waals surface area contributed by atoms with Crippen LogP contribution in [0.2, 0.25) is 0 Å². The summed E-state index contributed by atoms with van der Waals surface area (Å²) in [5.41, 5.74) is 18.2. The Bertz CT molecular complexity index is 4020. The lowest BCUT2D eigenvalue weighted by Gasteiger charge is -2.13. The first-order valence-electron chi connectivity index (χ1n) is 23.3. The van der Waals surface area contributed by atoms with Gasteiger partial charge in [0.1, 0.15) is 11.2 Å². The van der Waals surface area contributed by atoms with Crippen LogP contribution in [0.15, 0.2) is 241 Å². The molecule has 3 heterocycles. The molecule has 0 aliphatic carbocycles. The molecule has 10 aromatic carbocycles. The second-order valence-electron chi connectivity index (χ2n) is 17.7. The molecule has 69 heavy (non-hydrogen) atoms. The van der Waals surface area contributed by atoms with Crippen LogP contribution < -0.4 is 0 Å². The van der Waals surface area contributed by atoms with Crippen LogP contribution in [0.1, 0.15) is 5.56 Å². The normalized spacial score (nSPS) is 11.6. The fourth-order valence-corrected chi connectivity index (χ4v) is 9.91. The number of nitrogens with zero attached hydrogens (tertiary/aromatic N) is 4. The van der Waals surface area contributed by atoms with Crippen molar-refractivity contribution in [1.82, 2.24) is 19.5 Å². The first-order chi connectivity index (χ1) is 34.1. The number of fused-ring (bicyclic) bond motifs is 6. The summed E-state index contributed by atoms with van der Waals surface area (Å²) >= 11 is 0. The quantitative estimate of drug-likeness (QED) is 0.153. The molecule has 0 N–H and O–H groups in total. The van der Waals surface area contributed by atoms with Gasteiger partial charge in [-0.15, -0.1) is 0 Å². The minimum atomic E-state index is 0.625. The monoisotopic (exact) mass is 882 g/mol. The molecule has 0 saturated heterocycles. The van der Waals surface area contributed by atoms with Crippen LogP contribution in [0.25, 0.3) is 128 Å². The van der Waals surface area contributed by atoms with Crippen LogP contribution >= 0.6 is 0 Å². The van der Waals surface area contributed by atoms with Crippen molar-refractivity contribution in [2.45, 2.75) is 6.92 Å². The molecule has 0 radical (unpaired) electrons. The summed E-state index contributed by atoms with van der Waals surface area (Å²) < 4.78 is 9.10. The molecule has 0 amide bonds. The number of aryl methyl sites for hydroxylation is 1. The van der Waals surface area contributed by atoms with Crippen molar-refractivity contribution in [2.24, 2.45) is 0 Å². The van der Waals surface area contributed by atoms with Crippen molar-refractivity contribution < 1.29 is 4.42 Å². The molecule has 0 bridgehead atoms. The smallest absolute Gasteiger partial charge is 0.164 e. The van der Waals surface area contributed by atoms with E-state index in [1.165, 1.54) is 38.5 Å². The Labute approximate surface area is 399 Å². The van der Waals surface area contributed by atoms with Gasteiger partial charge >= 0.3 is 0 Å². The van der Waals surface area contributed by atoms with Gasteiger partial charge in [-0.1, -0.05) is 188 Å². The second-order valence-corrected chi connectivity index (χ2v) is 17.7. The minimum absolute atomic E-state index is 0.625. The highest BCUT2D eigenvalue weighted by atomic mass is 16.3. The number of rotatable bonds is 8. The Kier molecular flexibility index (Phi) is 9.65. The van der Waals surface area contributed by atoms with Gasteiger partial charge in [-0.25, -0.2) is 15.0 Å². The predicted octanol–water partition coefficient (Wildman–Crippen LogP) is 16.8. The number of hydrogen-bond acceptors (Lipinski definition) is 4. The topological polar surface area (TPSA) is 56.7 Å². The summed E-state index contributed by atoms with van der Waals surface area (Å²) in [6.07, 6.45) is 0. The molecule has 0 fully saturated rings. The van der Waals surface area contributed by atoms with Crippen LogP contribution in [0, 0.1) is 6.92 Å². The summed E-state index contributed by atoms with van der Waals surface area (Å²) in [6.45, 7) is 2.15. The van der Waals surface area contributed by atoms with Crippen LogP contribution in [-0.4, -0.2) is 19.5 Å². The van der Waals surface area contributed by atoms with Gasteiger partial charge in [0, 0.05) is 49.5 Å². The Morgan fingerprint density at radius 1 is 0.319 bits per heavy atom. The van der Waals surface area contributed by atoms with Crippen LogP contribution in [0.4, 0.5) is 0 Å². The number of para-hydroxylation sites is 2. The summed E-state index contributed by atoms with van der Waals surface area (Å²) in [6, 6.07) is 83.6. The van der Waals surface area contributed by atoms with Crippen molar-refractivity contribution >= 4 is 43.7 Å². The summed E-state index contributed by atoms with van der Waals surface area (Å²) in [5.74, 6) is 1.90. The lowest BCUT2D eigenvalue weighted by Crippen LogP contribution is -2.00. The lowest BCUT2D eigenvalue weighted by molar-refractivity contribution is 0.670. The van der Waals surface area contributed by atoms with Crippen LogP contribution in [0.5, 0.6) is 0 Å². The largest absolute Gasteiger partial charge is 0.455 e. The molecule has 13 aromatic rings. The van der Waals surface area contributed by atoms with Gasteiger partial charge in [0.2, 0.25) is 0 Å². The maximum atomic E-state index is 6.70. The highest BCUT2D eigenvalue weighted by molar-refractivity contribution is 6.12. The zero-order valence-electron chi connectivity index (χ0n) is 37.7. The standard InChI is InChI=1S/C64H42N4O/c1-41-15-12-20-46(35-41)49-33-34-59-56(38-49)53-25-8-10-27-58(53)68(59)52-24-14-22-48(37-52)51-39-55(61-57(40-51)54-26-9-11-28-60(54)69-61)43-31-29-42(30-32-43)47-21-13-23-50(36-47)64-66-62(44-16-4-2-5-17-44)65-63(67-64)45-18-6-3-7-19-45/h2-40H,1H3. The fraction of sp³-hybridized carbons (Fsp3) is 0.0156. The molecule has 0 aliphatic heterocycles. The molecule has 0 atom stereocenters. The van der Waals surface area contributed by atoms with Crippen LogP contribution in [0.3, 0.4) is 0 Å². The van der Waals surface area contributed by atoms with E-state index in [-0.39, 0.29) is 0 Å². The van der Waals surface area contributed by atoms with E-state index in [4.69, 9.17) is 19.4 Å². The Balaban J connectivity index is 0.891. The summed E-state index contributed by atoms with van der Waals surface area (Å²) in [5, 5.41) is 4.65. The third kappa shape index (κ3) is 7.25. The third-order valence-corrected chi connectivity index (χ3v) is 13.3. The zero-order valence-corrected chi connectivity index (χ0v) is 37.7. The van der Waals surface area contributed by atoms with Gasteiger partial charge in [-0.3, -0.25) is 0 Å². The minimum Gasteiger partial charge on any atom is -0.455 e. The highest BCUT2D eigenvalue weighted by Crippen LogP contribution is 2.42. The van der Waals surface area contributed by atoms with E-state index in [0.29, 0.717) is 17.5 Å². The SMILES string of the molecule is Cc1cccc(-c2ccc3c(c2)c2ccccc2n3-c2cccc(-c3cc(-c4ccc(-c5cccc(-c6nc(-c7ccccc7)nc(-c7ccccc7)n6)c5)cc4)c4oc5ccccc5c4c3)c2)c1. The van der Waals surface area contributed by atoms with Crippen molar-refractivity contribution in [3.8, 4) is 84.4 Å². The number of furan rings is 1. The molecular weight excluding hydrogens is 841 g/mol. The van der Waals surface area contributed by atoms with Gasteiger partial charge in [0.25, 0.3) is 0 Å². The first kappa shape index (κ1) is 40.1. The maximum Gasteiger partial charge on any atom is 0.164 e. The van der Waals surface area contributed by atoms with Crippen molar-refractivity contribution in [3.05, 3.63) is 242 Å². The molecule has 13 rings (SSSR count). The molecule has 324 valence electrons. The van der Waals surface area contributed by atoms with E-state index < -0.39 is 0 Å². The average molecular weight is 883 g/mol. The van der Waals surface area contributed by atoms with Gasteiger partial charge in [0.15, 0.2) is 17.5 Å². The maximum absolute atomic E-state index is 6.70. The van der Waals surface area contributed by atoms with Crippen LogP contribution in [-0.2, 0) is 0 Å². The van der Waals surface area contributed by atoms with E-state index in [9.17, 15) is 0 Å². The summed E-state index contributed by atoms with van der Waals surface area (Å²) in [7, 11) is 0. The number of hydrogen-bond donors (Lipinski definition) is 0. The molecule has 0 saturated carbocycles. The van der Waals surface area contributed by atoms with Crippen molar-refractivity contribution in [1.29, 1.82) is 0 Å². The summed E-state index contributed by atoms with van der Waals surface area (Å²) in [4.78, 5) is 14.9. The van der Waals surface area contributed by atoms with E-state index in [1.54, 1.807) is 0 Å². The first-order valence-corrected chi connectivity index (χ1v) is 23.3. The van der Waals surface area contributed by atoms with Crippen molar-refractivity contribution in [2.75, 3.05) is 0 Å². The lowest BCUT2D eigenvalue weighted by atomic mass is 9.94. The van der Waals surface area contributed by atoms with E-state index >= 15 is 0 Å². The molecule has 0 aliphatic rings. The number of benzene rings is 10. The van der Waals surface area contributed by atoms with E-state index in [1.807, 2.05) is 66.7 Å². The third-order valence-electron chi connectivity index (χ3n) is 13.3. The predicted molar refractivity (Wildman–Crippen MR) is 284 cm³/mol. The van der Waals surface area contributed by atoms with Gasteiger partial charge < -0.3 is 8.98 Å². The van der Waals surface area contributed by atoms with E-state index in [0.717, 1.165) is 77.7 Å². The molecule has 5 nitrogen and oxygen atoms in total. The molecule has 3 aromatic heterocycles. The Morgan fingerprint density at radius 2 is 0.841 bits per heavy atom. The molecule has 5 heteroatoms. The Hall–Kier alpha value is -9.19. The Morgan fingerprint density at radius 3 is 1.58 bits per heavy atom.